The van der Waals surface area contributed by atoms with Gasteiger partial charge in [0.15, 0.2) is 0 Å². The van der Waals surface area contributed by atoms with Gasteiger partial charge in [-0.25, -0.2) is 0 Å². The molecule has 1 saturated heterocycles. The van der Waals surface area contributed by atoms with Crippen molar-refractivity contribution < 1.29 is 9.47 Å². The molecule has 118 valence electrons. The average molecular weight is 291 g/mol. The lowest BCUT2D eigenvalue weighted by Gasteiger charge is -2.23. The normalized spacial score (nSPS) is 16.4. The minimum absolute atomic E-state index is 0.634. The first-order valence-electron chi connectivity index (χ1n) is 8.16. The number of ether oxygens (including phenoxy) is 2. The number of aryl methyl sites for hydroxylation is 1. The molecule has 0 unspecified atom stereocenters. The van der Waals surface area contributed by atoms with E-state index >= 15 is 0 Å². The molecule has 21 heavy (non-hydrogen) atoms. The molecule has 1 heterocycles. The highest BCUT2D eigenvalue weighted by Crippen LogP contribution is 2.25. The Labute approximate surface area is 129 Å². The van der Waals surface area contributed by atoms with Gasteiger partial charge in [0.05, 0.1) is 6.61 Å². The van der Waals surface area contributed by atoms with Gasteiger partial charge in [0.1, 0.15) is 5.75 Å². The molecule has 2 rings (SSSR count). The molecule has 3 nitrogen and oxygen atoms in total. The number of benzene rings is 1. The van der Waals surface area contributed by atoms with Gasteiger partial charge in [0, 0.05) is 25.3 Å². The monoisotopic (exact) mass is 291 g/mol. The van der Waals surface area contributed by atoms with Gasteiger partial charge in [-0.1, -0.05) is 32.0 Å². The van der Waals surface area contributed by atoms with Crippen LogP contribution in [0.15, 0.2) is 18.2 Å². The van der Waals surface area contributed by atoms with E-state index in [-0.39, 0.29) is 0 Å². The van der Waals surface area contributed by atoms with Crippen LogP contribution in [0.5, 0.6) is 5.75 Å². The second kappa shape index (κ2) is 8.40. The Morgan fingerprint density at radius 2 is 2.05 bits per heavy atom. The third-order valence-corrected chi connectivity index (χ3v) is 3.97. The molecule has 1 aromatic rings. The van der Waals surface area contributed by atoms with Crippen LogP contribution in [0.3, 0.4) is 0 Å². The fourth-order valence-corrected chi connectivity index (χ4v) is 2.67. The van der Waals surface area contributed by atoms with Crippen LogP contribution in [0.1, 0.15) is 37.8 Å². The van der Waals surface area contributed by atoms with Crippen molar-refractivity contribution in [1.29, 1.82) is 0 Å². The molecule has 1 N–H and O–H groups in total. The van der Waals surface area contributed by atoms with Crippen LogP contribution in [0.25, 0.3) is 0 Å². The maximum Gasteiger partial charge on any atom is 0.126 e. The first kappa shape index (κ1) is 16.3. The highest BCUT2D eigenvalue weighted by Gasteiger charge is 2.16. The molecule has 0 spiro atoms. The Bertz CT molecular complexity index is 425. The highest BCUT2D eigenvalue weighted by molar-refractivity contribution is 5.40. The molecule has 0 bridgehead atoms. The van der Waals surface area contributed by atoms with Crippen LogP contribution in [0.2, 0.25) is 0 Å². The minimum Gasteiger partial charge on any atom is -0.493 e. The number of hydrogen-bond acceptors (Lipinski definition) is 3. The van der Waals surface area contributed by atoms with Gasteiger partial charge in [0.2, 0.25) is 0 Å². The van der Waals surface area contributed by atoms with E-state index in [4.69, 9.17) is 9.47 Å². The van der Waals surface area contributed by atoms with Crippen LogP contribution in [0, 0.1) is 18.8 Å². The Hall–Kier alpha value is -1.06. The molecule has 0 amide bonds. The van der Waals surface area contributed by atoms with Gasteiger partial charge in [-0.15, -0.1) is 0 Å². The van der Waals surface area contributed by atoms with E-state index in [9.17, 15) is 0 Å². The van der Waals surface area contributed by atoms with E-state index in [1.54, 1.807) is 0 Å². The zero-order chi connectivity index (χ0) is 15.1. The second-order valence-electron chi connectivity index (χ2n) is 6.45. The summed E-state index contributed by atoms with van der Waals surface area (Å²) in [7, 11) is 0. The summed E-state index contributed by atoms with van der Waals surface area (Å²) >= 11 is 0. The van der Waals surface area contributed by atoms with E-state index in [0.717, 1.165) is 51.5 Å². The first-order valence-corrected chi connectivity index (χ1v) is 8.16. The minimum atomic E-state index is 0.634. The summed E-state index contributed by atoms with van der Waals surface area (Å²) in [4.78, 5) is 0. The number of para-hydroxylation sites is 1. The summed E-state index contributed by atoms with van der Waals surface area (Å²) in [5, 5.41) is 3.51. The topological polar surface area (TPSA) is 30.5 Å². The van der Waals surface area contributed by atoms with Crippen molar-refractivity contribution in [3.05, 3.63) is 29.3 Å². The molecule has 1 aliphatic rings. The molecule has 3 heteroatoms. The van der Waals surface area contributed by atoms with Crippen molar-refractivity contribution in [2.24, 2.45) is 11.8 Å². The molecule has 0 aliphatic carbocycles. The Morgan fingerprint density at radius 3 is 2.76 bits per heavy atom. The van der Waals surface area contributed by atoms with Crippen molar-refractivity contribution in [2.45, 2.75) is 40.2 Å². The molecular formula is C18H29NO2. The van der Waals surface area contributed by atoms with E-state index < -0.39 is 0 Å². The van der Waals surface area contributed by atoms with E-state index in [0.29, 0.717) is 11.8 Å². The van der Waals surface area contributed by atoms with Crippen LogP contribution < -0.4 is 10.1 Å². The maximum absolute atomic E-state index is 6.17. The quantitative estimate of drug-likeness (QED) is 0.833. The molecular weight excluding hydrogens is 262 g/mol. The lowest BCUT2D eigenvalue weighted by atomic mass is 10.0. The molecule has 0 saturated carbocycles. The first-order chi connectivity index (χ1) is 10.2. The summed E-state index contributed by atoms with van der Waals surface area (Å²) in [6, 6.07) is 6.41. The lowest BCUT2D eigenvalue weighted by Crippen LogP contribution is -2.23. The van der Waals surface area contributed by atoms with Crippen LogP contribution in [0.4, 0.5) is 0 Å². The third-order valence-electron chi connectivity index (χ3n) is 3.97. The predicted molar refractivity (Wildman–Crippen MR) is 86.8 cm³/mol. The fourth-order valence-electron chi connectivity index (χ4n) is 2.67. The van der Waals surface area contributed by atoms with E-state index in [2.05, 4.69) is 44.3 Å². The van der Waals surface area contributed by atoms with Gasteiger partial charge in [0.25, 0.3) is 0 Å². The Balaban J connectivity index is 1.92. The van der Waals surface area contributed by atoms with Crippen LogP contribution >= 0.6 is 0 Å². The van der Waals surface area contributed by atoms with Crippen molar-refractivity contribution in [2.75, 3.05) is 26.4 Å². The zero-order valence-corrected chi connectivity index (χ0v) is 13.7. The molecule has 1 aliphatic heterocycles. The number of nitrogens with one attached hydrogen (secondary N) is 1. The van der Waals surface area contributed by atoms with Crippen LogP contribution in [-0.4, -0.2) is 26.4 Å². The number of rotatable bonds is 7. The standard InChI is InChI=1S/C18H29NO2/c1-14(2)11-19-12-17-6-4-5-15(3)18(17)21-13-16-7-9-20-10-8-16/h4-6,14,16,19H,7-13H2,1-3H3. The summed E-state index contributed by atoms with van der Waals surface area (Å²) < 4.78 is 11.6. The van der Waals surface area contributed by atoms with Crippen molar-refractivity contribution in [3.63, 3.8) is 0 Å². The molecule has 0 aromatic heterocycles. The number of hydrogen-bond donors (Lipinski definition) is 1. The fraction of sp³-hybridized carbons (Fsp3) is 0.667. The Morgan fingerprint density at radius 1 is 1.29 bits per heavy atom. The van der Waals surface area contributed by atoms with Crippen molar-refractivity contribution in [3.8, 4) is 5.75 Å². The predicted octanol–water partition coefficient (Wildman–Crippen LogP) is 3.55. The molecule has 1 aromatic carbocycles. The molecule has 0 radical (unpaired) electrons. The average Bonchev–Trinajstić information content (AvgIpc) is 2.47. The van der Waals surface area contributed by atoms with Gasteiger partial charge in [-0.2, -0.15) is 0 Å². The molecule has 0 atom stereocenters. The van der Waals surface area contributed by atoms with Gasteiger partial charge in [-0.05, 0) is 43.7 Å². The van der Waals surface area contributed by atoms with Gasteiger partial charge < -0.3 is 14.8 Å². The largest absolute Gasteiger partial charge is 0.493 e. The van der Waals surface area contributed by atoms with Crippen LogP contribution in [-0.2, 0) is 11.3 Å². The SMILES string of the molecule is Cc1cccc(CNCC(C)C)c1OCC1CCOCC1. The Kier molecular flexibility index (Phi) is 6.52. The summed E-state index contributed by atoms with van der Waals surface area (Å²) in [6.07, 6.45) is 2.24. The summed E-state index contributed by atoms with van der Waals surface area (Å²) in [5.74, 6) is 2.37. The third kappa shape index (κ3) is 5.33. The summed E-state index contributed by atoms with van der Waals surface area (Å²) in [6.45, 7) is 11.1. The van der Waals surface area contributed by atoms with E-state index in [1.165, 1.54) is 11.1 Å². The van der Waals surface area contributed by atoms with E-state index in [1.807, 2.05) is 0 Å². The van der Waals surface area contributed by atoms with Crippen molar-refractivity contribution >= 4 is 0 Å². The highest BCUT2D eigenvalue weighted by atomic mass is 16.5. The lowest BCUT2D eigenvalue weighted by molar-refractivity contribution is 0.0495. The van der Waals surface area contributed by atoms with Crippen molar-refractivity contribution in [1.82, 2.24) is 5.32 Å². The second-order valence-corrected chi connectivity index (χ2v) is 6.45. The van der Waals surface area contributed by atoms with Gasteiger partial charge >= 0.3 is 0 Å². The van der Waals surface area contributed by atoms with Gasteiger partial charge in [-0.3, -0.25) is 0 Å². The smallest absolute Gasteiger partial charge is 0.126 e. The maximum atomic E-state index is 6.17. The zero-order valence-electron chi connectivity index (χ0n) is 13.7. The molecule has 1 fully saturated rings. The summed E-state index contributed by atoms with van der Waals surface area (Å²) in [5.41, 5.74) is 2.49.